The molecule has 0 amide bonds. The van der Waals surface area contributed by atoms with Gasteiger partial charge in [0.05, 0.1) is 10.6 Å². The zero-order valence-electron chi connectivity index (χ0n) is 10.6. The topological polar surface area (TPSA) is 51.8 Å². The molecule has 102 valence electrons. The Bertz CT molecular complexity index is 557. The van der Waals surface area contributed by atoms with Crippen molar-refractivity contribution in [3.05, 3.63) is 46.0 Å². The van der Waals surface area contributed by atoms with Crippen molar-refractivity contribution in [2.75, 3.05) is 0 Å². The number of nitrogens with zero attached hydrogens (tertiary/aromatic N) is 2. The zero-order valence-corrected chi connectivity index (χ0v) is 11.4. The lowest BCUT2D eigenvalue weighted by Gasteiger charge is -2.11. The van der Waals surface area contributed by atoms with E-state index in [1.807, 2.05) is 6.92 Å². The van der Waals surface area contributed by atoms with Gasteiger partial charge < -0.3 is 5.73 Å². The highest BCUT2D eigenvalue weighted by Crippen LogP contribution is 2.24. The Kier molecular flexibility index (Phi) is 4.55. The number of hydrogen-bond donors (Lipinski definition) is 1. The Labute approximate surface area is 114 Å². The van der Waals surface area contributed by atoms with Gasteiger partial charge in [-0.15, -0.1) is 5.10 Å². The minimum Gasteiger partial charge on any atom is -0.323 e. The number of aromatic nitrogens is 2. The van der Waals surface area contributed by atoms with Gasteiger partial charge in [-0.25, -0.2) is 8.78 Å². The van der Waals surface area contributed by atoms with Crippen molar-refractivity contribution >= 4 is 11.5 Å². The van der Waals surface area contributed by atoms with Gasteiger partial charge >= 0.3 is 0 Å². The highest BCUT2D eigenvalue weighted by molar-refractivity contribution is 7.05. The fourth-order valence-electron chi connectivity index (χ4n) is 1.94. The van der Waals surface area contributed by atoms with Crippen LogP contribution in [0.5, 0.6) is 0 Å². The van der Waals surface area contributed by atoms with E-state index in [0.29, 0.717) is 0 Å². The van der Waals surface area contributed by atoms with Crippen LogP contribution in [0.1, 0.15) is 35.5 Å². The van der Waals surface area contributed by atoms with Gasteiger partial charge in [0.25, 0.3) is 0 Å². The average Bonchev–Trinajstić information content (AvgIpc) is 2.82. The first-order valence-electron chi connectivity index (χ1n) is 6.12. The maximum Gasteiger partial charge on any atom is 0.126 e. The van der Waals surface area contributed by atoms with Gasteiger partial charge in [-0.3, -0.25) is 0 Å². The van der Waals surface area contributed by atoms with E-state index in [0.717, 1.165) is 35.5 Å². The van der Waals surface area contributed by atoms with Gasteiger partial charge in [0, 0.05) is 6.04 Å². The molecule has 0 aliphatic rings. The number of hydrogen-bond acceptors (Lipinski definition) is 4. The minimum absolute atomic E-state index is 0.240. The van der Waals surface area contributed by atoms with Crippen LogP contribution < -0.4 is 5.73 Å². The summed E-state index contributed by atoms with van der Waals surface area (Å²) in [6.07, 6.45) is 1.98. The molecule has 1 aromatic carbocycles. The molecule has 1 aromatic heterocycles. The summed E-state index contributed by atoms with van der Waals surface area (Å²) in [7, 11) is 0. The fraction of sp³-hybridized carbons (Fsp3) is 0.385. The van der Waals surface area contributed by atoms with Gasteiger partial charge in [0.1, 0.15) is 11.6 Å². The summed E-state index contributed by atoms with van der Waals surface area (Å²) in [6, 6.07) is 3.00. The zero-order chi connectivity index (χ0) is 13.8. The van der Waals surface area contributed by atoms with Crippen LogP contribution in [0.25, 0.3) is 0 Å². The van der Waals surface area contributed by atoms with E-state index in [4.69, 9.17) is 5.73 Å². The van der Waals surface area contributed by atoms with Crippen LogP contribution in [0.15, 0.2) is 18.2 Å². The molecule has 1 heterocycles. The quantitative estimate of drug-likeness (QED) is 0.917. The van der Waals surface area contributed by atoms with Gasteiger partial charge in [-0.2, -0.15) is 0 Å². The maximum absolute atomic E-state index is 13.6. The molecule has 0 saturated heterocycles. The standard InChI is InChI=1S/C13H15F2N3S/c1-2-3-12-13(19-18-17-12)11(16)7-8-6-9(14)4-5-10(8)15/h4-6,11H,2-3,7,16H2,1H3. The SMILES string of the molecule is CCCc1nnsc1C(N)Cc1cc(F)ccc1F. The van der Waals surface area contributed by atoms with E-state index in [1.54, 1.807) is 0 Å². The lowest BCUT2D eigenvalue weighted by atomic mass is 10.0. The molecule has 0 aliphatic heterocycles. The molecule has 0 bridgehead atoms. The molecule has 1 atom stereocenters. The van der Waals surface area contributed by atoms with Crippen molar-refractivity contribution in [3.8, 4) is 0 Å². The van der Waals surface area contributed by atoms with Crippen molar-refractivity contribution in [1.29, 1.82) is 0 Å². The van der Waals surface area contributed by atoms with Gasteiger partial charge in [-0.1, -0.05) is 17.8 Å². The third-order valence-corrected chi connectivity index (χ3v) is 3.75. The molecule has 6 heteroatoms. The maximum atomic E-state index is 13.6. The minimum atomic E-state index is -0.459. The Morgan fingerprint density at radius 1 is 1.37 bits per heavy atom. The summed E-state index contributed by atoms with van der Waals surface area (Å²) in [5.41, 5.74) is 7.20. The Morgan fingerprint density at radius 3 is 2.89 bits per heavy atom. The molecule has 19 heavy (non-hydrogen) atoms. The lowest BCUT2D eigenvalue weighted by Crippen LogP contribution is -2.15. The fourth-order valence-corrected chi connectivity index (χ4v) is 2.63. The Morgan fingerprint density at radius 2 is 2.16 bits per heavy atom. The van der Waals surface area contributed by atoms with Crippen molar-refractivity contribution < 1.29 is 8.78 Å². The summed E-state index contributed by atoms with van der Waals surface area (Å²) in [6.45, 7) is 2.04. The van der Waals surface area contributed by atoms with Gasteiger partial charge in [0.2, 0.25) is 0 Å². The second kappa shape index (κ2) is 6.16. The molecule has 2 aromatic rings. The second-order valence-corrected chi connectivity index (χ2v) is 5.17. The molecule has 1 unspecified atom stereocenters. The highest BCUT2D eigenvalue weighted by atomic mass is 32.1. The van der Waals surface area contributed by atoms with E-state index < -0.39 is 17.7 Å². The molecule has 0 fully saturated rings. The van der Waals surface area contributed by atoms with Gasteiger partial charge in [-0.05, 0) is 48.1 Å². The predicted octanol–water partition coefficient (Wildman–Crippen LogP) is 3.01. The first-order valence-corrected chi connectivity index (χ1v) is 6.89. The molecule has 0 radical (unpaired) electrons. The normalized spacial score (nSPS) is 12.6. The average molecular weight is 283 g/mol. The van der Waals surface area contributed by atoms with Crippen molar-refractivity contribution in [1.82, 2.24) is 9.59 Å². The van der Waals surface area contributed by atoms with E-state index >= 15 is 0 Å². The Hall–Kier alpha value is -1.40. The molecular formula is C13H15F2N3S. The van der Waals surface area contributed by atoms with E-state index in [2.05, 4.69) is 9.59 Å². The smallest absolute Gasteiger partial charge is 0.126 e. The van der Waals surface area contributed by atoms with Crippen LogP contribution in [0.4, 0.5) is 8.78 Å². The summed E-state index contributed by atoms with van der Waals surface area (Å²) in [4.78, 5) is 0.852. The van der Waals surface area contributed by atoms with Crippen LogP contribution in [0.3, 0.4) is 0 Å². The summed E-state index contributed by atoms with van der Waals surface area (Å²) < 4.78 is 30.6. The van der Waals surface area contributed by atoms with Gasteiger partial charge in [0.15, 0.2) is 0 Å². The van der Waals surface area contributed by atoms with Crippen molar-refractivity contribution in [2.45, 2.75) is 32.2 Å². The summed E-state index contributed by atoms with van der Waals surface area (Å²) in [5, 5.41) is 4.03. The predicted molar refractivity (Wildman–Crippen MR) is 70.9 cm³/mol. The number of nitrogens with two attached hydrogens (primary N) is 1. The molecule has 2 rings (SSSR count). The van der Waals surface area contributed by atoms with Crippen LogP contribution in [-0.2, 0) is 12.8 Å². The number of aryl methyl sites for hydroxylation is 1. The third-order valence-electron chi connectivity index (χ3n) is 2.86. The van der Waals surface area contributed by atoms with Crippen LogP contribution in [-0.4, -0.2) is 9.59 Å². The number of rotatable bonds is 5. The number of halogens is 2. The van der Waals surface area contributed by atoms with Crippen LogP contribution in [0, 0.1) is 11.6 Å². The van der Waals surface area contributed by atoms with E-state index in [-0.39, 0.29) is 12.0 Å². The Balaban J connectivity index is 2.18. The first-order chi connectivity index (χ1) is 9.11. The van der Waals surface area contributed by atoms with Crippen molar-refractivity contribution in [2.24, 2.45) is 5.73 Å². The van der Waals surface area contributed by atoms with E-state index in [9.17, 15) is 8.78 Å². The summed E-state index contributed by atoms with van der Waals surface area (Å²) in [5.74, 6) is -0.897. The third kappa shape index (κ3) is 3.33. The lowest BCUT2D eigenvalue weighted by molar-refractivity contribution is 0.573. The molecule has 3 nitrogen and oxygen atoms in total. The summed E-state index contributed by atoms with van der Waals surface area (Å²) >= 11 is 1.22. The first kappa shape index (κ1) is 14.0. The largest absolute Gasteiger partial charge is 0.323 e. The van der Waals surface area contributed by atoms with Crippen molar-refractivity contribution in [3.63, 3.8) is 0 Å². The molecule has 0 saturated carbocycles. The molecule has 0 spiro atoms. The highest BCUT2D eigenvalue weighted by Gasteiger charge is 2.17. The monoisotopic (exact) mass is 283 g/mol. The van der Waals surface area contributed by atoms with Crippen LogP contribution >= 0.6 is 11.5 Å². The molecule has 2 N–H and O–H groups in total. The second-order valence-electron chi connectivity index (χ2n) is 4.38. The molecular weight excluding hydrogens is 268 g/mol. The molecule has 0 aliphatic carbocycles. The van der Waals surface area contributed by atoms with E-state index in [1.165, 1.54) is 17.6 Å². The number of benzene rings is 1. The van der Waals surface area contributed by atoms with Crippen LogP contribution in [0.2, 0.25) is 0 Å².